The first kappa shape index (κ1) is 26.2. The van der Waals surface area contributed by atoms with E-state index in [1.807, 2.05) is 30.3 Å². The number of esters is 1. The molecule has 35 heavy (non-hydrogen) atoms. The van der Waals surface area contributed by atoms with E-state index < -0.39 is 30.1 Å². The summed E-state index contributed by atoms with van der Waals surface area (Å²) < 4.78 is 15.8. The Hall–Kier alpha value is -3.43. The van der Waals surface area contributed by atoms with Crippen LogP contribution in [-0.4, -0.2) is 61.3 Å². The fourth-order valence-electron chi connectivity index (χ4n) is 4.41. The highest BCUT2D eigenvalue weighted by Crippen LogP contribution is 2.40. The van der Waals surface area contributed by atoms with Gasteiger partial charge >= 0.3 is 11.9 Å². The number of hydrogen-bond acceptors (Lipinski definition) is 8. The number of fused-ring (bicyclic) bond motifs is 1. The molecule has 3 atom stereocenters. The van der Waals surface area contributed by atoms with Crippen molar-refractivity contribution in [1.29, 1.82) is 0 Å². The Kier molecular flexibility index (Phi) is 8.84. The minimum atomic E-state index is -1.11. The number of nitrogens with zero attached hydrogens (tertiary/aromatic N) is 1. The number of methoxy groups -OCH3 is 3. The van der Waals surface area contributed by atoms with Crippen molar-refractivity contribution in [2.45, 2.75) is 50.7 Å². The molecule has 0 aliphatic carbocycles. The van der Waals surface area contributed by atoms with E-state index in [0.29, 0.717) is 35.5 Å². The van der Waals surface area contributed by atoms with Crippen LogP contribution in [0.3, 0.4) is 0 Å². The number of carboxylic acid groups (broad SMARTS) is 1. The van der Waals surface area contributed by atoms with Crippen LogP contribution < -0.4 is 14.9 Å². The van der Waals surface area contributed by atoms with E-state index in [-0.39, 0.29) is 18.6 Å². The molecule has 9 nitrogen and oxygen atoms in total. The quantitative estimate of drug-likeness (QED) is 0.465. The molecule has 0 saturated carbocycles. The summed E-state index contributed by atoms with van der Waals surface area (Å²) in [4.78, 5) is 38.2. The Balaban J connectivity index is 2.02. The summed E-state index contributed by atoms with van der Waals surface area (Å²) in [6.07, 6.45) is 1.20. The zero-order valence-electron chi connectivity index (χ0n) is 20.4. The van der Waals surface area contributed by atoms with E-state index in [4.69, 9.17) is 14.2 Å². The number of benzene rings is 2. The molecule has 1 heterocycles. The average Bonchev–Trinajstić information content (AvgIpc) is 2.88. The van der Waals surface area contributed by atoms with Gasteiger partial charge in [-0.05, 0) is 41.7 Å². The molecule has 0 fully saturated rings. The van der Waals surface area contributed by atoms with Gasteiger partial charge in [0.15, 0.2) is 17.3 Å². The highest BCUT2D eigenvalue weighted by atomic mass is 16.5. The van der Waals surface area contributed by atoms with Gasteiger partial charge in [-0.15, -0.1) is 0 Å². The molecule has 0 aromatic heterocycles. The minimum Gasteiger partial charge on any atom is -0.493 e. The van der Waals surface area contributed by atoms with Gasteiger partial charge in [-0.3, -0.25) is 14.4 Å². The summed E-state index contributed by atoms with van der Waals surface area (Å²) in [7, 11) is 4.28. The third kappa shape index (κ3) is 5.80. The number of aliphatic carboxylic acids is 1. The van der Waals surface area contributed by atoms with Crippen molar-refractivity contribution in [1.82, 2.24) is 10.4 Å². The molecule has 0 radical (unpaired) electrons. The molecule has 0 amide bonds. The third-order valence-electron chi connectivity index (χ3n) is 6.26. The fourth-order valence-corrected chi connectivity index (χ4v) is 4.41. The Bertz CT molecular complexity index is 1060. The van der Waals surface area contributed by atoms with Crippen molar-refractivity contribution in [2.24, 2.45) is 0 Å². The lowest BCUT2D eigenvalue weighted by Gasteiger charge is -2.42. The molecule has 1 aliphatic heterocycles. The summed E-state index contributed by atoms with van der Waals surface area (Å²) in [6, 6.07) is 10.2. The van der Waals surface area contributed by atoms with Gasteiger partial charge in [0.1, 0.15) is 18.1 Å². The van der Waals surface area contributed by atoms with Crippen LogP contribution in [-0.2, 0) is 32.0 Å². The van der Waals surface area contributed by atoms with Gasteiger partial charge in [0.05, 0.1) is 21.3 Å². The van der Waals surface area contributed by atoms with Crippen LogP contribution in [0, 0.1) is 0 Å². The van der Waals surface area contributed by atoms with E-state index in [0.717, 1.165) is 5.56 Å². The third-order valence-corrected chi connectivity index (χ3v) is 6.26. The normalized spacial score (nSPS) is 18.3. The van der Waals surface area contributed by atoms with Crippen LogP contribution >= 0.6 is 0 Å². The van der Waals surface area contributed by atoms with Gasteiger partial charge in [0, 0.05) is 12.8 Å². The van der Waals surface area contributed by atoms with Gasteiger partial charge in [0.25, 0.3) is 0 Å². The van der Waals surface area contributed by atoms with Crippen LogP contribution in [0.4, 0.5) is 0 Å². The first-order chi connectivity index (χ1) is 16.8. The second kappa shape index (κ2) is 11.8. The summed E-state index contributed by atoms with van der Waals surface area (Å²) in [5.74, 6) is -0.953. The zero-order chi connectivity index (χ0) is 25.5. The second-order valence-corrected chi connectivity index (χ2v) is 8.32. The second-order valence-electron chi connectivity index (χ2n) is 8.32. The van der Waals surface area contributed by atoms with Gasteiger partial charge in [-0.1, -0.05) is 37.3 Å². The van der Waals surface area contributed by atoms with Crippen molar-refractivity contribution in [3.05, 3.63) is 59.2 Å². The molecule has 188 valence electrons. The fraction of sp³-hybridized carbons (Fsp3) is 0.423. The molecule has 3 rings (SSSR count). The van der Waals surface area contributed by atoms with Crippen LogP contribution in [0.5, 0.6) is 11.5 Å². The molecular weight excluding hydrogens is 452 g/mol. The Labute approximate surface area is 204 Å². The number of hydrazine groups is 1. The molecule has 2 aromatic rings. The van der Waals surface area contributed by atoms with Gasteiger partial charge in [-0.2, -0.15) is 0 Å². The van der Waals surface area contributed by atoms with E-state index >= 15 is 0 Å². The Morgan fingerprint density at radius 3 is 2.31 bits per heavy atom. The standard InChI is InChI=1S/C26H32N2O7/c1-5-21(29)24-18-15-23(34-3)22(33-2)14-17(18)13-20(25(30)31)28(24)27-19(26(32)35-4)12-11-16-9-7-6-8-10-16/h6-10,14-15,19-20,24,27H,5,11-13H2,1-4H3,(H,30,31). The minimum absolute atomic E-state index is 0.109. The maximum absolute atomic E-state index is 13.2. The lowest BCUT2D eigenvalue weighted by Crippen LogP contribution is -2.60. The predicted octanol–water partition coefficient (Wildman–Crippen LogP) is 2.71. The highest BCUT2D eigenvalue weighted by molar-refractivity contribution is 5.88. The molecule has 0 spiro atoms. The predicted molar refractivity (Wildman–Crippen MR) is 128 cm³/mol. The molecule has 2 aromatic carbocycles. The monoisotopic (exact) mass is 484 g/mol. The first-order valence-electron chi connectivity index (χ1n) is 11.5. The molecule has 9 heteroatoms. The number of aryl methyl sites for hydroxylation is 1. The van der Waals surface area contributed by atoms with E-state index in [1.165, 1.54) is 26.3 Å². The maximum atomic E-state index is 13.2. The number of Topliss-reactive ketones (excluding diaryl/α,β-unsaturated/α-hetero) is 1. The van der Waals surface area contributed by atoms with Crippen molar-refractivity contribution in [3.63, 3.8) is 0 Å². The van der Waals surface area contributed by atoms with Crippen LogP contribution in [0.1, 0.15) is 42.5 Å². The molecule has 1 aliphatic rings. The zero-order valence-corrected chi connectivity index (χ0v) is 20.4. The number of hydrogen-bond donors (Lipinski definition) is 2. The first-order valence-corrected chi connectivity index (χ1v) is 11.5. The van der Waals surface area contributed by atoms with Crippen molar-refractivity contribution < 1.29 is 33.7 Å². The summed E-state index contributed by atoms with van der Waals surface area (Å²) in [6.45, 7) is 1.72. The number of carbonyl (C=O) groups excluding carboxylic acids is 2. The number of carboxylic acids is 1. The van der Waals surface area contributed by atoms with E-state index in [9.17, 15) is 19.5 Å². The largest absolute Gasteiger partial charge is 0.493 e. The molecule has 0 bridgehead atoms. The van der Waals surface area contributed by atoms with E-state index in [2.05, 4.69) is 5.43 Å². The van der Waals surface area contributed by atoms with Crippen molar-refractivity contribution >= 4 is 17.7 Å². The lowest BCUT2D eigenvalue weighted by atomic mass is 9.86. The topological polar surface area (TPSA) is 114 Å². The van der Waals surface area contributed by atoms with Crippen LogP contribution in [0.2, 0.25) is 0 Å². The number of rotatable bonds is 11. The number of ether oxygens (including phenoxy) is 3. The van der Waals surface area contributed by atoms with Crippen LogP contribution in [0.15, 0.2) is 42.5 Å². The number of ketones is 1. The maximum Gasteiger partial charge on any atom is 0.324 e. The molecule has 2 N–H and O–H groups in total. The summed E-state index contributed by atoms with van der Waals surface area (Å²) in [5.41, 5.74) is 5.39. The molecular formula is C26H32N2O7. The van der Waals surface area contributed by atoms with Crippen molar-refractivity contribution in [2.75, 3.05) is 21.3 Å². The van der Waals surface area contributed by atoms with E-state index in [1.54, 1.807) is 19.1 Å². The summed E-state index contributed by atoms with van der Waals surface area (Å²) in [5, 5.41) is 11.5. The molecule has 0 saturated heterocycles. The van der Waals surface area contributed by atoms with Gasteiger partial charge in [-0.25, -0.2) is 10.4 Å². The average molecular weight is 485 g/mol. The lowest BCUT2D eigenvalue weighted by molar-refractivity contribution is -0.155. The van der Waals surface area contributed by atoms with Gasteiger partial charge < -0.3 is 19.3 Å². The van der Waals surface area contributed by atoms with Gasteiger partial charge in [0.2, 0.25) is 0 Å². The van der Waals surface area contributed by atoms with Crippen molar-refractivity contribution in [3.8, 4) is 11.5 Å². The Morgan fingerprint density at radius 1 is 1.09 bits per heavy atom. The molecule has 3 unspecified atom stereocenters. The highest BCUT2D eigenvalue weighted by Gasteiger charge is 2.43. The van der Waals surface area contributed by atoms with Crippen LogP contribution in [0.25, 0.3) is 0 Å². The Morgan fingerprint density at radius 2 is 1.74 bits per heavy atom. The number of carbonyl (C=O) groups is 3. The number of nitrogens with one attached hydrogen (secondary N) is 1. The SMILES string of the molecule is CCC(=O)C1c2cc(OC)c(OC)cc2CC(C(=O)O)N1NC(CCc1ccccc1)C(=O)OC. The smallest absolute Gasteiger partial charge is 0.324 e. The summed E-state index contributed by atoms with van der Waals surface area (Å²) >= 11 is 0.